The lowest BCUT2D eigenvalue weighted by molar-refractivity contribution is -0.121. The molecule has 3 heterocycles. The zero-order valence-corrected chi connectivity index (χ0v) is 10.9. The molecule has 7 nitrogen and oxygen atoms in total. The highest BCUT2D eigenvalue weighted by molar-refractivity contribution is 7.09. The molecule has 1 aliphatic heterocycles. The smallest absolute Gasteiger partial charge is 0.210 e. The minimum Gasteiger partial charge on any atom is -0.333 e. The van der Waals surface area contributed by atoms with Crippen LogP contribution in [0.4, 0.5) is 0 Å². The minimum atomic E-state index is -0.0495. The van der Waals surface area contributed by atoms with Gasteiger partial charge in [-0.25, -0.2) is 4.98 Å². The Hall–Kier alpha value is -1.83. The third-order valence-electron chi connectivity index (χ3n) is 3.09. The van der Waals surface area contributed by atoms with E-state index in [9.17, 15) is 4.79 Å². The van der Waals surface area contributed by atoms with Crippen molar-refractivity contribution in [1.29, 1.82) is 0 Å². The van der Waals surface area contributed by atoms with Gasteiger partial charge in [0.15, 0.2) is 16.7 Å². The van der Waals surface area contributed by atoms with Gasteiger partial charge in [0.05, 0.1) is 6.04 Å². The number of hydrogen-bond acceptors (Lipinski definition) is 6. The summed E-state index contributed by atoms with van der Waals surface area (Å²) in [7, 11) is 0. The highest BCUT2D eigenvalue weighted by atomic mass is 32.1. The lowest BCUT2D eigenvalue weighted by Gasteiger charge is -2.30. The van der Waals surface area contributed by atoms with E-state index < -0.39 is 0 Å². The third-order valence-corrected chi connectivity index (χ3v) is 3.89. The summed E-state index contributed by atoms with van der Waals surface area (Å²) in [6.07, 6.45) is 0.859. The highest BCUT2D eigenvalue weighted by Gasteiger charge is 2.28. The first-order chi connectivity index (χ1) is 8.70. The maximum absolute atomic E-state index is 10.9. The number of nitrogens with zero attached hydrogens (tertiary/aromatic N) is 6. The van der Waals surface area contributed by atoms with Gasteiger partial charge in [0.2, 0.25) is 6.41 Å². The van der Waals surface area contributed by atoms with Crippen molar-refractivity contribution in [1.82, 2.24) is 29.0 Å². The highest BCUT2D eigenvalue weighted by Crippen LogP contribution is 2.27. The number of fused-ring (bicyclic) bond motifs is 1. The summed E-state index contributed by atoms with van der Waals surface area (Å²) in [6, 6.07) is -0.0495. The van der Waals surface area contributed by atoms with E-state index in [1.807, 2.05) is 18.4 Å². The molecule has 0 spiro atoms. The molecular formula is C10H12N6OS. The van der Waals surface area contributed by atoms with Crippen LogP contribution in [0.5, 0.6) is 0 Å². The zero-order chi connectivity index (χ0) is 12.7. The van der Waals surface area contributed by atoms with Gasteiger partial charge in [0.25, 0.3) is 0 Å². The Morgan fingerprint density at radius 2 is 2.22 bits per heavy atom. The first-order valence-electron chi connectivity index (χ1n) is 5.65. The summed E-state index contributed by atoms with van der Waals surface area (Å²) >= 11 is 1.32. The second kappa shape index (κ2) is 4.13. The summed E-state index contributed by atoms with van der Waals surface area (Å²) in [5.41, 5.74) is 0. The normalized spacial score (nSPS) is 18.8. The quantitative estimate of drug-likeness (QED) is 0.744. The van der Waals surface area contributed by atoms with Crippen LogP contribution in [0.1, 0.15) is 24.6 Å². The van der Waals surface area contributed by atoms with E-state index in [0.29, 0.717) is 13.1 Å². The SMILES string of the molecule is Cc1nsc(-c2nnc3n2CCN(C=O)[C@@H]3C)n1. The molecule has 0 fully saturated rings. The Morgan fingerprint density at radius 3 is 2.89 bits per heavy atom. The molecule has 0 aromatic carbocycles. The van der Waals surface area contributed by atoms with Crippen molar-refractivity contribution in [2.24, 2.45) is 0 Å². The van der Waals surface area contributed by atoms with Gasteiger partial charge in [-0.05, 0) is 25.4 Å². The summed E-state index contributed by atoms with van der Waals surface area (Å²) in [4.78, 5) is 17.0. The van der Waals surface area contributed by atoms with Crippen molar-refractivity contribution >= 4 is 17.9 Å². The molecule has 0 aliphatic carbocycles. The second-order valence-electron chi connectivity index (χ2n) is 4.20. The lowest BCUT2D eigenvalue weighted by Crippen LogP contribution is -2.36. The van der Waals surface area contributed by atoms with Gasteiger partial charge in [-0.1, -0.05) is 0 Å². The van der Waals surface area contributed by atoms with Crippen LogP contribution in [0.15, 0.2) is 0 Å². The molecular weight excluding hydrogens is 252 g/mol. The van der Waals surface area contributed by atoms with Gasteiger partial charge in [0.1, 0.15) is 5.82 Å². The van der Waals surface area contributed by atoms with Gasteiger partial charge < -0.3 is 9.47 Å². The van der Waals surface area contributed by atoms with E-state index in [2.05, 4.69) is 19.6 Å². The molecule has 3 rings (SSSR count). The maximum Gasteiger partial charge on any atom is 0.210 e. The second-order valence-corrected chi connectivity index (χ2v) is 4.95. The van der Waals surface area contributed by atoms with Crippen molar-refractivity contribution < 1.29 is 4.79 Å². The van der Waals surface area contributed by atoms with Crippen LogP contribution in [-0.2, 0) is 11.3 Å². The molecule has 94 valence electrons. The van der Waals surface area contributed by atoms with Crippen LogP contribution in [0.2, 0.25) is 0 Å². The molecule has 8 heteroatoms. The van der Waals surface area contributed by atoms with Crippen LogP contribution in [-0.4, -0.2) is 42.0 Å². The molecule has 1 atom stereocenters. The third kappa shape index (κ3) is 1.60. The number of carbonyl (C=O) groups excluding carboxylic acids is 1. The lowest BCUT2D eigenvalue weighted by atomic mass is 10.2. The summed E-state index contributed by atoms with van der Waals surface area (Å²) in [6.45, 7) is 5.16. The molecule has 0 unspecified atom stereocenters. The predicted molar refractivity (Wildman–Crippen MR) is 64.8 cm³/mol. The molecule has 1 amide bonds. The largest absolute Gasteiger partial charge is 0.333 e. The standard InChI is InChI=1S/C10H12N6OS/c1-6-8-12-13-9(10-11-7(2)14-18-10)16(8)4-3-15(6)5-17/h5-6H,3-4H2,1-2H3/t6-/m1/s1. The Balaban J connectivity index is 2.04. The summed E-state index contributed by atoms with van der Waals surface area (Å²) < 4.78 is 6.17. The Bertz CT molecular complexity index is 591. The average Bonchev–Trinajstić information content (AvgIpc) is 2.96. The molecule has 0 radical (unpaired) electrons. The molecule has 0 saturated carbocycles. The van der Waals surface area contributed by atoms with Gasteiger partial charge in [0, 0.05) is 13.1 Å². The van der Waals surface area contributed by atoms with Crippen LogP contribution < -0.4 is 0 Å². The molecule has 2 aromatic heterocycles. The predicted octanol–water partition coefficient (Wildman–Crippen LogP) is 0.638. The van der Waals surface area contributed by atoms with Gasteiger partial charge in [-0.2, -0.15) is 4.37 Å². The van der Waals surface area contributed by atoms with Crippen LogP contribution >= 0.6 is 11.5 Å². The van der Waals surface area contributed by atoms with Crippen LogP contribution in [0.3, 0.4) is 0 Å². The van der Waals surface area contributed by atoms with E-state index in [1.54, 1.807) is 4.90 Å². The fourth-order valence-electron chi connectivity index (χ4n) is 2.09. The van der Waals surface area contributed by atoms with Gasteiger partial charge in [-0.3, -0.25) is 4.79 Å². The monoisotopic (exact) mass is 264 g/mol. The minimum absolute atomic E-state index is 0.0495. The van der Waals surface area contributed by atoms with Crippen LogP contribution in [0, 0.1) is 6.92 Å². The van der Waals surface area contributed by atoms with Gasteiger partial charge >= 0.3 is 0 Å². The molecule has 0 saturated heterocycles. The topological polar surface area (TPSA) is 76.8 Å². The van der Waals surface area contributed by atoms with E-state index >= 15 is 0 Å². The summed E-state index contributed by atoms with van der Waals surface area (Å²) in [5, 5.41) is 9.13. The Morgan fingerprint density at radius 1 is 1.39 bits per heavy atom. The Kier molecular flexibility index (Phi) is 2.58. The van der Waals surface area contributed by atoms with Crippen molar-refractivity contribution in [3.8, 4) is 10.8 Å². The van der Waals surface area contributed by atoms with E-state index in [0.717, 1.165) is 28.9 Å². The number of hydrogen-bond donors (Lipinski definition) is 0. The maximum atomic E-state index is 10.9. The van der Waals surface area contributed by atoms with E-state index in [4.69, 9.17) is 0 Å². The first-order valence-corrected chi connectivity index (χ1v) is 6.43. The molecule has 2 aromatic rings. The molecule has 0 N–H and O–H groups in total. The molecule has 18 heavy (non-hydrogen) atoms. The van der Waals surface area contributed by atoms with E-state index in [1.165, 1.54) is 11.5 Å². The average molecular weight is 264 g/mol. The number of amides is 1. The summed E-state index contributed by atoms with van der Waals surface area (Å²) in [5.74, 6) is 2.29. The van der Waals surface area contributed by atoms with E-state index in [-0.39, 0.29) is 6.04 Å². The number of carbonyl (C=O) groups is 1. The van der Waals surface area contributed by atoms with Crippen molar-refractivity contribution in [2.75, 3.05) is 6.54 Å². The molecule has 0 bridgehead atoms. The fraction of sp³-hybridized carbons (Fsp3) is 0.500. The van der Waals surface area contributed by atoms with Gasteiger partial charge in [-0.15, -0.1) is 10.2 Å². The first kappa shape index (κ1) is 11.3. The number of rotatable bonds is 2. The fourth-order valence-corrected chi connectivity index (χ4v) is 2.76. The van der Waals surface area contributed by atoms with Crippen molar-refractivity contribution in [2.45, 2.75) is 26.4 Å². The number of aromatic nitrogens is 5. The molecule has 1 aliphatic rings. The van der Waals surface area contributed by atoms with Crippen LogP contribution in [0.25, 0.3) is 10.8 Å². The zero-order valence-electron chi connectivity index (χ0n) is 10.1. The van der Waals surface area contributed by atoms with Crippen molar-refractivity contribution in [3.05, 3.63) is 11.6 Å². The number of aryl methyl sites for hydroxylation is 1. The van der Waals surface area contributed by atoms with Crippen molar-refractivity contribution in [3.63, 3.8) is 0 Å². The Labute approximate surface area is 108 Å².